The summed E-state index contributed by atoms with van der Waals surface area (Å²) < 4.78 is 33.2. The van der Waals surface area contributed by atoms with E-state index >= 15 is 0 Å². The Morgan fingerprint density at radius 3 is 2.71 bits per heavy atom. The van der Waals surface area contributed by atoms with Gasteiger partial charge in [0, 0.05) is 13.6 Å². The highest BCUT2D eigenvalue weighted by Gasteiger charge is 2.40. The Kier molecular flexibility index (Phi) is 3.94. The zero-order valence-electron chi connectivity index (χ0n) is 12.5. The average Bonchev–Trinajstić information content (AvgIpc) is 2.72. The number of rotatable bonds is 1. The zero-order valence-corrected chi connectivity index (χ0v) is 13.3. The fourth-order valence-electron chi connectivity index (χ4n) is 3.24. The maximum Gasteiger partial charge on any atom is 0.246 e. The highest BCUT2D eigenvalue weighted by atomic mass is 32.2. The first-order valence-corrected chi connectivity index (χ1v) is 8.94. The van der Waals surface area contributed by atoms with Crippen molar-refractivity contribution in [1.29, 1.82) is 0 Å². The summed E-state index contributed by atoms with van der Waals surface area (Å²) in [5, 5.41) is 0. The Labute approximate surface area is 126 Å². The lowest BCUT2D eigenvalue weighted by atomic mass is 10.1. The van der Waals surface area contributed by atoms with Crippen molar-refractivity contribution in [3.05, 3.63) is 24.3 Å². The van der Waals surface area contributed by atoms with E-state index in [9.17, 15) is 8.42 Å². The number of fused-ring (bicyclic) bond motifs is 2. The largest absolute Gasteiger partial charge is 0.487 e. The third-order valence-electron chi connectivity index (χ3n) is 4.60. The molecule has 1 fully saturated rings. The maximum absolute atomic E-state index is 12.8. The summed E-state index contributed by atoms with van der Waals surface area (Å²) in [6, 6.07) is 6.85. The van der Waals surface area contributed by atoms with Gasteiger partial charge < -0.3 is 9.64 Å². The fraction of sp³-hybridized carbons (Fsp3) is 0.600. The third kappa shape index (κ3) is 2.56. The van der Waals surface area contributed by atoms with Gasteiger partial charge >= 0.3 is 0 Å². The highest BCUT2D eigenvalue weighted by molar-refractivity contribution is 7.89. The van der Waals surface area contributed by atoms with Gasteiger partial charge in [-0.25, -0.2) is 8.42 Å². The normalized spacial score (nSPS) is 29.6. The number of sulfonamides is 1. The van der Waals surface area contributed by atoms with E-state index < -0.39 is 10.0 Å². The monoisotopic (exact) mass is 310 g/mol. The van der Waals surface area contributed by atoms with Crippen molar-refractivity contribution in [3.63, 3.8) is 0 Å². The molecule has 5 nitrogen and oxygen atoms in total. The van der Waals surface area contributed by atoms with Gasteiger partial charge in [-0.15, -0.1) is 0 Å². The van der Waals surface area contributed by atoms with Crippen LogP contribution in [0.5, 0.6) is 5.75 Å². The Bertz CT molecular complexity index is 617. The molecule has 116 valence electrons. The Balaban J connectivity index is 2.01. The molecular weight excluding hydrogens is 288 g/mol. The molecule has 0 bridgehead atoms. The van der Waals surface area contributed by atoms with Crippen LogP contribution in [0.4, 0.5) is 0 Å². The molecule has 1 aromatic rings. The van der Waals surface area contributed by atoms with Crippen LogP contribution >= 0.6 is 0 Å². The van der Waals surface area contributed by atoms with Crippen molar-refractivity contribution in [1.82, 2.24) is 9.21 Å². The van der Waals surface area contributed by atoms with Gasteiger partial charge in [0.15, 0.2) is 0 Å². The van der Waals surface area contributed by atoms with Crippen molar-refractivity contribution in [3.8, 4) is 5.75 Å². The number of para-hydroxylation sites is 1. The van der Waals surface area contributed by atoms with Gasteiger partial charge in [0.1, 0.15) is 16.7 Å². The molecule has 3 rings (SSSR count). The summed E-state index contributed by atoms with van der Waals surface area (Å²) in [6.07, 6.45) is 1.58. The van der Waals surface area contributed by atoms with Crippen LogP contribution in [-0.4, -0.2) is 56.5 Å². The molecule has 0 amide bonds. The molecule has 2 atom stereocenters. The zero-order chi connectivity index (χ0) is 15.0. The van der Waals surface area contributed by atoms with Crippen LogP contribution in [0.1, 0.15) is 19.8 Å². The van der Waals surface area contributed by atoms with Gasteiger partial charge in [-0.3, -0.25) is 0 Å². The first kappa shape index (κ1) is 14.8. The van der Waals surface area contributed by atoms with E-state index in [1.807, 2.05) is 6.07 Å². The minimum absolute atomic E-state index is 0.0787. The van der Waals surface area contributed by atoms with Crippen LogP contribution in [0.3, 0.4) is 0 Å². The Hall–Kier alpha value is -1.11. The lowest BCUT2D eigenvalue weighted by molar-refractivity contribution is 0.122. The van der Waals surface area contributed by atoms with Crippen molar-refractivity contribution >= 4 is 10.0 Å². The molecule has 2 aliphatic rings. The average molecular weight is 310 g/mol. The van der Waals surface area contributed by atoms with Gasteiger partial charge in [-0.1, -0.05) is 19.1 Å². The lowest BCUT2D eigenvalue weighted by Crippen LogP contribution is -2.44. The number of benzene rings is 1. The number of likely N-dealkylation sites (N-methyl/N-ethyl adjacent to an activating group) is 1. The highest BCUT2D eigenvalue weighted by Crippen LogP contribution is 2.35. The van der Waals surface area contributed by atoms with E-state index in [0.717, 1.165) is 32.5 Å². The molecule has 2 heterocycles. The molecule has 0 aromatic heterocycles. The summed E-state index contributed by atoms with van der Waals surface area (Å²) in [5.41, 5.74) is 0. The standard InChI is InChI=1S/C15H22N2O3S/c1-3-17-10-8-12-13(9-11-17)20-14-6-4-5-7-15(14)21(18,19)16(12)2/h4-7,12-13H,3,8-11H2,1-2H3/t12-,13-/m0/s1. The molecule has 21 heavy (non-hydrogen) atoms. The van der Waals surface area contributed by atoms with Crippen LogP contribution < -0.4 is 4.74 Å². The Morgan fingerprint density at radius 2 is 1.95 bits per heavy atom. The van der Waals surface area contributed by atoms with Crippen LogP contribution in [0.15, 0.2) is 29.2 Å². The van der Waals surface area contributed by atoms with Crippen molar-refractivity contribution in [2.75, 3.05) is 26.7 Å². The van der Waals surface area contributed by atoms with Crippen molar-refractivity contribution in [2.45, 2.75) is 36.8 Å². The van der Waals surface area contributed by atoms with Crippen molar-refractivity contribution < 1.29 is 13.2 Å². The summed E-state index contributed by atoms with van der Waals surface area (Å²) in [6.45, 7) is 5.00. The van der Waals surface area contributed by atoms with Gasteiger partial charge in [0.2, 0.25) is 10.0 Å². The van der Waals surface area contributed by atoms with E-state index in [4.69, 9.17) is 4.74 Å². The topological polar surface area (TPSA) is 49.9 Å². The van der Waals surface area contributed by atoms with Gasteiger partial charge in [0.05, 0.1) is 6.04 Å². The number of hydrogen-bond donors (Lipinski definition) is 0. The molecule has 2 aliphatic heterocycles. The quantitative estimate of drug-likeness (QED) is 0.790. The second-order valence-electron chi connectivity index (χ2n) is 5.70. The number of ether oxygens (including phenoxy) is 1. The van der Waals surface area contributed by atoms with E-state index in [1.54, 1.807) is 25.2 Å². The van der Waals surface area contributed by atoms with E-state index in [0.29, 0.717) is 5.75 Å². The first-order chi connectivity index (χ1) is 10.0. The Morgan fingerprint density at radius 1 is 1.24 bits per heavy atom. The maximum atomic E-state index is 12.8. The van der Waals surface area contributed by atoms with Gasteiger partial charge in [-0.05, 0) is 38.1 Å². The van der Waals surface area contributed by atoms with E-state index in [-0.39, 0.29) is 17.0 Å². The summed E-state index contributed by atoms with van der Waals surface area (Å²) in [4.78, 5) is 2.64. The molecule has 0 aliphatic carbocycles. The molecule has 6 heteroatoms. The van der Waals surface area contributed by atoms with Crippen LogP contribution in [0.2, 0.25) is 0 Å². The third-order valence-corrected chi connectivity index (χ3v) is 6.52. The van der Waals surface area contributed by atoms with Gasteiger partial charge in [0.25, 0.3) is 0 Å². The minimum atomic E-state index is -3.48. The first-order valence-electron chi connectivity index (χ1n) is 7.50. The molecule has 0 saturated carbocycles. The molecular formula is C15H22N2O3S. The summed E-state index contributed by atoms with van der Waals surface area (Å²) in [7, 11) is -1.80. The van der Waals surface area contributed by atoms with Crippen molar-refractivity contribution in [2.24, 2.45) is 0 Å². The van der Waals surface area contributed by atoms with Crippen LogP contribution in [-0.2, 0) is 10.0 Å². The number of hydrogen-bond acceptors (Lipinski definition) is 4. The summed E-state index contributed by atoms with van der Waals surface area (Å²) >= 11 is 0. The predicted octanol–water partition coefficient (Wildman–Crippen LogP) is 1.55. The fourth-order valence-corrected chi connectivity index (χ4v) is 4.77. The van der Waals surface area contributed by atoms with Crippen LogP contribution in [0, 0.1) is 0 Å². The SMILES string of the molecule is CCN1CC[C@@H]2Oc3ccccc3S(=O)(=O)N(C)[C@H]2CC1. The van der Waals surface area contributed by atoms with Gasteiger partial charge in [-0.2, -0.15) is 4.31 Å². The molecule has 0 spiro atoms. The molecule has 0 radical (unpaired) electrons. The second kappa shape index (κ2) is 5.59. The molecule has 0 N–H and O–H groups in total. The van der Waals surface area contributed by atoms with Crippen LogP contribution in [0.25, 0.3) is 0 Å². The summed E-state index contributed by atoms with van der Waals surface area (Å²) in [5.74, 6) is 0.488. The minimum Gasteiger partial charge on any atom is -0.487 e. The second-order valence-corrected chi connectivity index (χ2v) is 7.67. The molecule has 1 saturated heterocycles. The number of nitrogens with zero attached hydrogens (tertiary/aromatic N) is 2. The van der Waals surface area contributed by atoms with E-state index in [1.165, 1.54) is 4.31 Å². The van der Waals surface area contributed by atoms with E-state index in [2.05, 4.69) is 11.8 Å². The lowest BCUT2D eigenvalue weighted by Gasteiger charge is -2.28. The predicted molar refractivity (Wildman–Crippen MR) is 80.9 cm³/mol. The smallest absolute Gasteiger partial charge is 0.246 e. The molecule has 0 unspecified atom stereocenters. The molecule has 1 aromatic carbocycles. The number of likely N-dealkylation sites (tertiary alicyclic amines) is 1.